The molecule has 0 saturated carbocycles. The zero-order chi connectivity index (χ0) is 32.7. The molecule has 45 heavy (non-hydrogen) atoms. The van der Waals surface area contributed by atoms with Crippen LogP contribution in [0, 0.1) is 0 Å². The number of carboxylic acids is 1. The highest BCUT2D eigenvalue weighted by molar-refractivity contribution is 7.97. The molecule has 2 heterocycles. The third kappa shape index (κ3) is 9.03. The molecule has 4 atom stereocenters. The van der Waals surface area contributed by atoms with Crippen LogP contribution in [0.15, 0.2) is 46.2 Å². The number of hydrogen-bond donors (Lipinski definition) is 5. The molecule has 12 nitrogen and oxygen atoms in total. The Kier molecular flexibility index (Phi) is 12.4. The van der Waals surface area contributed by atoms with Crippen molar-refractivity contribution < 1.29 is 32.6 Å². The lowest BCUT2D eigenvalue weighted by Gasteiger charge is -2.27. The molecule has 1 fully saturated rings. The Balaban J connectivity index is 1.34. The molecule has 2 aromatic rings. The van der Waals surface area contributed by atoms with E-state index in [0.717, 1.165) is 11.1 Å². The topological polar surface area (TPSA) is 166 Å². The number of alkyl halides is 1. The van der Waals surface area contributed by atoms with Crippen LogP contribution in [0.25, 0.3) is 0 Å². The summed E-state index contributed by atoms with van der Waals surface area (Å²) in [6, 6.07) is 7.92. The number of fused-ring (bicyclic) bond motifs is 1. The number of nitrogens with zero attached hydrogens (tertiary/aromatic N) is 1. The van der Waals surface area contributed by atoms with Crippen molar-refractivity contribution in [3.8, 4) is 0 Å². The zero-order valence-electron chi connectivity index (χ0n) is 24.8. The van der Waals surface area contributed by atoms with E-state index in [4.69, 9.17) is 27.9 Å². The standard InChI is InChI=1S/C29H37Cl2N5O7S2/c1-3-43-29(40)21(33-17(2)27(37)36-12-4-5-23(36)28(38)39)11-10-18-6-8-19(9-7-18)16-32-45(41,42)25-14-24-22(13-20(25)31)34-26(15-30)35-44-24/h6-9,13-14,17,21,23,26,32-35H,3-5,10-12,15-16H2,1-2H3,(H,38,39)/t17-,21-,23-,26?/m0/s1. The van der Waals surface area contributed by atoms with Gasteiger partial charge in [0.2, 0.25) is 15.9 Å². The Labute approximate surface area is 277 Å². The van der Waals surface area contributed by atoms with Crippen LogP contribution in [0.3, 0.4) is 0 Å². The second-order valence-electron chi connectivity index (χ2n) is 10.8. The van der Waals surface area contributed by atoms with Crippen molar-refractivity contribution in [3.63, 3.8) is 0 Å². The van der Waals surface area contributed by atoms with E-state index < -0.39 is 40.1 Å². The van der Waals surface area contributed by atoms with E-state index in [9.17, 15) is 27.9 Å². The minimum absolute atomic E-state index is 0.0339. The summed E-state index contributed by atoms with van der Waals surface area (Å²) < 4.78 is 37.1. The predicted molar refractivity (Wildman–Crippen MR) is 173 cm³/mol. The number of aryl methyl sites for hydroxylation is 1. The predicted octanol–water partition coefficient (Wildman–Crippen LogP) is 3.32. The largest absolute Gasteiger partial charge is 0.480 e. The summed E-state index contributed by atoms with van der Waals surface area (Å²) in [7, 11) is -3.92. The molecule has 2 aliphatic heterocycles. The molecule has 4 rings (SSSR count). The van der Waals surface area contributed by atoms with Crippen molar-refractivity contribution in [2.24, 2.45) is 0 Å². The fourth-order valence-electron chi connectivity index (χ4n) is 5.17. The van der Waals surface area contributed by atoms with E-state index in [1.54, 1.807) is 32.0 Å². The number of carbonyl (C=O) groups excluding carboxylic acids is 2. The van der Waals surface area contributed by atoms with Gasteiger partial charge in [-0.3, -0.25) is 14.9 Å². The number of hydrogen-bond acceptors (Lipinski definition) is 10. The Hall–Kier alpha value is -2.59. The number of rotatable bonds is 14. The molecule has 0 aliphatic carbocycles. The lowest BCUT2D eigenvalue weighted by atomic mass is 10.0. The highest BCUT2D eigenvalue weighted by atomic mass is 35.5. The van der Waals surface area contributed by atoms with Gasteiger partial charge in [0.15, 0.2) is 0 Å². The lowest BCUT2D eigenvalue weighted by Crippen LogP contribution is -2.53. The number of nitrogens with one attached hydrogen (secondary N) is 4. The maximum Gasteiger partial charge on any atom is 0.326 e. The maximum atomic E-state index is 13.1. The van der Waals surface area contributed by atoms with Gasteiger partial charge in [-0.25, -0.2) is 22.7 Å². The van der Waals surface area contributed by atoms with Crippen molar-refractivity contribution in [2.75, 3.05) is 24.3 Å². The number of carboxylic acid groups (broad SMARTS) is 1. The normalized spacial score (nSPS) is 19.3. The molecule has 246 valence electrons. The summed E-state index contributed by atoms with van der Waals surface area (Å²) in [6.07, 6.45) is 1.64. The molecule has 2 aliphatic rings. The van der Waals surface area contributed by atoms with Crippen molar-refractivity contribution in [2.45, 2.75) is 80.2 Å². The van der Waals surface area contributed by atoms with Gasteiger partial charge in [-0.1, -0.05) is 35.9 Å². The number of aliphatic carboxylic acids is 1. The van der Waals surface area contributed by atoms with E-state index in [-0.39, 0.29) is 35.1 Å². The molecule has 0 radical (unpaired) electrons. The van der Waals surface area contributed by atoms with Crippen LogP contribution < -0.4 is 20.1 Å². The number of sulfonamides is 1. The van der Waals surface area contributed by atoms with Crippen LogP contribution in [-0.2, 0) is 42.1 Å². The van der Waals surface area contributed by atoms with Crippen molar-refractivity contribution in [1.82, 2.24) is 19.7 Å². The van der Waals surface area contributed by atoms with E-state index in [0.29, 0.717) is 48.7 Å². The quantitative estimate of drug-likeness (QED) is 0.111. The van der Waals surface area contributed by atoms with Gasteiger partial charge in [0.1, 0.15) is 23.1 Å². The second kappa shape index (κ2) is 15.8. The van der Waals surface area contributed by atoms with Crippen LogP contribution >= 0.6 is 35.1 Å². The minimum Gasteiger partial charge on any atom is -0.480 e. The highest BCUT2D eigenvalue weighted by Crippen LogP contribution is 2.36. The molecule has 1 unspecified atom stereocenters. The van der Waals surface area contributed by atoms with Gasteiger partial charge in [0.05, 0.1) is 29.2 Å². The average molecular weight is 703 g/mol. The molecule has 0 spiro atoms. The molecule has 2 aromatic carbocycles. The average Bonchev–Trinajstić information content (AvgIpc) is 3.52. The number of amides is 1. The molecule has 5 N–H and O–H groups in total. The number of esters is 1. The lowest BCUT2D eigenvalue weighted by molar-refractivity contribution is -0.150. The number of carbonyl (C=O) groups is 3. The third-order valence-electron chi connectivity index (χ3n) is 7.54. The second-order valence-corrected chi connectivity index (χ2v) is 14.1. The summed E-state index contributed by atoms with van der Waals surface area (Å²) in [5.41, 5.74) is 2.31. The van der Waals surface area contributed by atoms with Crippen LogP contribution in [0.4, 0.5) is 5.69 Å². The van der Waals surface area contributed by atoms with Gasteiger partial charge >= 0.3 is 11.9 Å². The van der Waals surface area contributed by atoms with Gasteiger partial charge in [-0.15, -0.1) is 11.6 Å². The SMILES string of the molecule is CCOC(=O)[C@H](CCc1ccc(CNS(=O)(=O)c2cc3c(cc2Cl)NC(CCl)NS3)cc1)N[C@@H](C)C(=O)N1CCC[C@H]1C(=O)O. The molecular weight excluding hydrogens is 665 g/mol. The third-order valence-corrected chi connectivity index (χ3v) is 10.7. The molecule has 1 saturated heterocycles. The summed E-state index contributed by atoms with van der Waals surface area (Å²) in [4.78, 5) is 39.2. The number of likely N-dealkylation sites (tertiary alicyclic amines) is 1. The number of anilines is 1. The van der Waals surface area contributed by atoms with Gasteiger partial charge < -0.3 is 20.1 Å². The first-order valence-electron chi connectivity index (χ1n) is 14.5. The smallest absolute Gasteiger partial charge is 0.326 e. The summed E-state index contributed by atoms with van der Waals surface area (Å²) in [5.74, 6) is -1.58. The maximum absolute atomic E-state index is 13.1. The molecule has 0 bridgehead atoms. The van der Waals surface area contributed by atoms with Crippen LogP contribution in [0.2, 0.25) is 5.02 Å². The zero-order valence-corrected chi connectivity index (χ0v) is 28.0. The fourth-order valence-corrected chi connectivity index (χ4v) is 7.88. The number of halogens is 2. The Morgan fingerprint density at radius 1 is 1.20 bits per heavy atom. The molecule has 16 heteroatoms. The van der Waals surface area contributed by atoms with Gasteiger partial charge in [0.25, 0.3) is 0 Å². The first-order chi connectivity index (χ1) is 21.4. The van der Waals surface area contributed by atoms with E-state index in [2.05, 4.69) is 20.1 Å². The first kappa shape index (κ1) is 35.3. The van der Waals surface area contributed by atoms with E-state index in [1.165, 1.54) is 22.9 Å². The Morgan fingerprint density at radius 2 is 1.91 bits per heavy atom. The number of benzene rings is 2. The van der Waals surface area contributed by atoms with Gasteiger partial charge in [-0.05, 0) is 74.7 Å². The monoisotopic (exact) mass is 701 g/mol. The van der Waals surface area contributed by atoms with Crippen molar-refractivity contribution in [3.05, 3.63) is 52.5 Å². The number of ether oxygens (including phenoxy) is 1. The molecule has 0 aromatic heterocycles. The van der Waals surface area contributed by atoms with E-state index >= 15 is 0 Å². The molecule has 1 amide bonds. The van der Waals surface area contributed by atoms with Crippen molar-refractivity contribution in [1.29, 1.82) is 0 Å². The molecular formula is C29H37Cl2N5O7S2. The van der Waals surface area contributed by atoms with Gasteiger partial charge in [0, 0.05) is 18.0 Å². The van der Waals surface area contributed by atoms with Crippen LogP contribution in [0.5, 0.6) is 0 Å². The van der Waals surface area contributed by atoms with Gasteiger partial charge in [-0.2, -0.15) is 0 Å². The summed E-state index contributed by atoms with van der Waals surface area (Å²) in [5, 5.41) is 15.7. The Morgan fingerprint density at radius 3 is 2.58 bits per heavy atom. The van der Waals surface area contributed by atoms with E-state index in [1.807, 2.05) is 12.1 Å². The summed E-state index contributed by atoms with van der Waals surface area (Å²) in [6.45, 7) is 3.88. The highest BCUT2D eigenvalue weighted by Gasteiger charge is 2.37. The minimum atomic E-state index is -3.92. The van der Waals surface area contributed by atoms with Crippen LogP contribution in [-0.4, -0.2) is 79.6 Å². The summed E-state index contributed by atoms with van der Waals surface area (Å²) >= 11 is 13.5. The first-order valence-corrected chi connectivity index (χ1v) is 17.8. The van der Waals surface area contributed by atoms with Crippen molar-refractivity contribution >= 4 is 68.7 Å². The van der Waals surface area contributed by atoms with Crippen LogP contribution in [0.1, 0.15) is 44.2 Å². The Bertz CT molecular complexity index is 1500. The fraction of sp³-hybridized carbons (Fsp3) is 0.483.